The van der Waals surface area contributed by atoms with Crippen LogP contribution in [0.3, 0.4) is 0 Å². The van der Waals surface area contributed by atoms with E-state index in [1.54, 1.807) is 17.0 Å². The highest BCUT2D eigenvalue weighted by Gasteiger charge is 2.22. The van der Waals surface area contributed by atoms with Crippen LogP contribution in [0.1, 0.15) is 40.0 Å². The molecule has 6 heteroatoms. The first-order valence-electron chi connectivity index (χ1n) is 6.69. The molecular formula is C15H17NO5. The Morgan fingerprint density at radius 2 is 1.57 bits per heavy atom. The number of methoxy groups -OCH3 is 2. The van der Waals surface area contributed by atoms with Gasteiger partial charge >= 0.3 is 11.9 Å². The van der Waals surface area contributed by atoms with Crippen LogP contribution in [0.4, 0.5) is 5.69 Å². The summed E-state index contributed by atoms with van der Waals surface area (Å²) in [6, 6.07) is 4.51. The van der Waals surface area contributed by atoms with Crippen molar-refractivity contribution in [1.29, 1.82) is 0 Å². The molecule has 1 fully saturated rings. The maximum Gasteiger partial charge on any atom is 0.337 e. The van der Waals surface area contributed by atoms with Gasteiger partial charge in [-0.3, -0.25) is 4.79 Å². The molecule has 1 aromatic carbocycles. The van der Waals surface area contributed by atoms with Gasteiger partial charge in [0.05, 0.1) is 25.3 Å². The third-order valence-electron chi connectivity index (χ3n) is 3.40. The molecule has 1 aliphatic rings. The fraction of sp³-hybridized carbons (Fsp3) is 0.400. The van der Waals surface area contributed by atoms with Gasteiger partial charge in [0.15, 0.2) is 0 Å². The summed E-state index contributed by atoms with van der Waals surface area (Å²) < 4.78 is 9.36. The molecule has 6 nitrogen and oxygen atoms in total. The Morgan fingerprint density at radius 1 is 1.00 bits per heavy atom. The molecule has 1 aromatic rings. The van der Waals surface area contributed by atoms with Crippen LogP contribution >= 0.6 is 0 Å². The normalized spacial score (nSPS) is 14.8. The third-order valence-corrected chi connectivity index (χ3v) is 3.40. The van der Waals surface area contributed by atoms with Crippen LogP contribution in [0.2, 0.25) is 0 Å². The van der Waals surface area contributed by atoms with E-state index in [1.165, 1.54) is 20.3 Å². The molecule has 0 bridgehead atoms. The lowest BCUT2D eigenvalue weighted by molar-refractivity contribution is -0.119. The number of carbonyl (C=O) groups excluding carboxylic acids is 3. The lowest BCUT2D eigenvalue weighted by atomic mass is 10.1. The second-order valence-electron chi connectivity index (χ2n) is 4.75. The minimum Gasteiger partial charge on any atom is -0.465 e. The van der Waals surface area contributed by atoms with E-state index in [-0.39, 0.29) is 17.0 Å². The van der Waals surface area contributed by atoms with Gasteiger partial charge in [-0.15, -0.1) is 0 Å². The van der Waals surface area contributed by atoms with E-state index >= 15 is 0 Å². The maximum absolute atomic E-state index is 12.0. The Morgan fingerprint density at radius 3 is 2.05 bits per heavy atom. The van der Waals surface area contributed by atoms with E-state index in [4.69, 9.17) is 0 Å². The predicted octanol–water partition coefficient (Wildman–Crippen LogP) is 1.78. The van der Waals surface area contributed by atoms with E-state index in [0.29, 0.717) is 18.7 Å². The van der Waals surface area contributed by atoms with Gasteiger partial charge < -0.3 is 14.4 Å². The average molecular weight is 291 g/mol. The SMILES string of the molecule is COC(=O)c1cc(C(=O)OC)cc(N2CCCCC2=O)c1. The number of hydrogen-bond donors (Lipinski definition) is 0. The van der Waals surface area contributed by atoms with Gasteiger partial charge in [0.2, 0.25) is 5.91 Å². The number of anilines is 1. The number of piperidine rings is 1. The van der Waals surface area contributed by atoms with Crippen molar-refractivity contribution in [3.63, 3.8) is 0 Å². The lowest BCUT2D eigenvalue weighted by Gasteiger charge is -2.27. The Balaban J connectivity index is 2.46. The Labute approximate surface area is 122 Å². The average Bonchev–Trinajstić information content (AvgIpc) is 2.53. The number of ether oxygens (including phenoxy) is 2. The van der Waals surface area contributed by atoms with Gasteiger partial charge in [-0.2, -0.15) is 0 Å². The summed E-state index contributed by atoms with van der Waals surface area (Å²) in [6.45, 7) is 0.573. The monoisotopic (exact) mass is 291 g/mol. The summed E-state index contributed by atoms with van der Waals surface area (Å²) in [4.78, 5) is 37.0. The highest BCUT2D eigenvalue weighted by Crippen LogP contribution is 2.24. The Hall–Kier alpha value is -2.37. The van der Waals surface area contributed by atoms with Crippen LogP contribution in [0, 0.1) is 0 Å². The van der Waals surface area contributed by atoms with Gasteiger partial charge in [0.25, 0.3) is 0 Å². The van der Waals surface area contributed by atoms with E-state index < -0.39 is 11.9 Å². The van der Waals surface area contributed by atoms with Crippen molar-refractivity contribution in [2.75, 3.05) is 25.7 Å². The number of nitrogens with zero attached hydrogens (tertiary/aromatic N) is 1. The third kappa shape index (κ3) is 3.21. The Bertz CT molecular complexity index is 547. The fourth-order valence-corrected chi connectivity index (χ4v) is 2.32. The molecule has 1 amide bonds. The van der Waals surface area contributed by atoms with Crippen LogP contribution < -0.4 is 4.90 Å². The summed E-state index contributed by atoms with van der Waals surface area (Å²) in [5.41, 5.74) is 0.950. The standard InChI is InChI=1S/C15H17NO5/c1-20-14(18)10-7-11(15(19)21-2)9-12(8-10)16-6-4-3-5-13(16)17/h7-9H,3-6H2,1-2H3. The zero-order valence-electron chi connectivity index (χ0n) is 12.0. The van der Waals surface area contributed by atoms with Crippen LogP contribution in [0.25, 0.3) is 0 Å². The molecule has 1 heterocycles. The molecule has 1 aliphatic heterocycles. The van der Waals surface area contributed by atoms with Crippen LogP contribution in [-0.4, -0.2) is 38.6 Å². The number of benzene rings is 1. The van der Waals surface area contributed by atoms with Crippen LogP contribution in [0.15, 0.2) is 18.2 Å². The highest BCUT2D eigenvalue weighted by molar-refractivity contribution is 6.00. The number of amides is 1. The zero-order chi connectivity index (χ0) is 15.4. The maximum atomic E-state index is 12.0. The molecule has 21 heavy (non-hydrogen) atoms. The van der Waals surface area contributed by atoms with Crippen molar-refractivity contribution in [3.05, 3.63) is 29.3 Å². The molecule has 0 radical (unpaired) electrons. The van der Waals surface area contributed by atoms with Crippen molar-refractivity contribution in [2.24, 2.45) is 0 Å². The molecule has 0 atom stereocenters. The molecule has 0 saturated carbocycles. The van der Waals surface area contributed by atoms with E-state index in [9.17, 15) is 14.4 Å². The largest absolute Gasteiger partial charge is 0.465 e. The van der Waals surface area contributed by atoms with E-state index in [1.807, 2.05) is 0 Å². The van der Waals surface area contributed by atoms with Gasteiger partial charge in [-0.05, 0) is 31.0 Å². The van der Waals surface area contributed by atoms with Crippen molar-refractivity contribution in [3.8, 4) is 0 Å². The lowest BCUT2D eigenvalue weighted by Crippen LogP contribution is -2.35. The number of hydrogen-bond acceptors (Lipinski definition) is 5. The summed E-state index contributed by atoms with van der Waals surface area (Å²) in [7, 11) is 2.53. The number of carbonyl (C=O) groups is 3. The molecule has 0 N–H and O–H groups in total. The summed E-state index contributed by atoms with van der Waals surface area (Å²) in [6.07, 6.45) is 2.22. The molecule has 0 spiro atoms. The van der Waals surface area contributed by atoms with E-state index in [0.717, 1.165) is 12.8 Å². The minimum atomic E-state index is -0.563. The van der Waals surface area contributed by atoms with Gasteiger partial charge in [-0.1, -0.05) is 0 Å². The van der Waals surface area contributed by atoms with Crippen molar-refractivity contribution >= 4 is 23.5 Å². The zero-order valence-corrected chi connectivity index (χ0v) is 12.0. The highest BCUT2D eigenvalue weighted by atomic mass is 16.5. The first-order chi connectivity index (χ1) is 10.1. The first-order valence-corrected chi connectivity index (χ1v) is 6.69. The quantitative estimate of drug-likeness (QED) is 0.794. The topological polar surface area (TPSA) is 72.9 Å². The molecule has 1 saturated heterocycles. The molecular weight excluding hydrogens is 274 g/mol. The molecule has 0 aromatic heterocycles. The van der Waals surface area contributed by atoms with Crippen molar-refractivity contribution in [1.82, 2.24) is 0 Å². The van der Waals surface area contributed by atoms with Crippen molar-refractivity contribution < 1.29 is 23.9 Å². The van der Waals surface area contributed by atoms with Crippen LogP contribution in [-0.2, 0) is 14.3 Å². The smallest absolute Gasteiger partial charge is 0.337 e. The molecule has 0 aliphatic carbocycles. The number of rotatable bonds is 3. The molecule has 112 valence electrons. The summed E-state index contributed by atoms with van der Waals surface area (Å²) in [5.74, 6) is -1.14. The fourth-order valence-electron chi connectivity index (χ4n) is 2.32. The Kier molecular flexibility index (Phi) is 4.57. The summed E-state index contributed by atoms with van der Waals surface area (Å²) >= 11 is 0. The van der Waals surface area contributed by atoms with Gasteiger partial charge in [0.1, 0.15) is 0 Å². The second-order valence-corrected chi connectivity index (χ2v) is 4.75. The predicted molar refractivity (Wildman–Crippen MR) is 75.3 cm³/mol. The van der Waals surface area contributed by atoms with E-state index in [2.05, 4.69) is 9.47 Å². The molecule has 0 unspecified atom stereocenters. The summed E-state index contributed by atoms with van der Waals surface area (Å²) in [5, 5.41) is 0. The second kappa shape index (κ2) is 6.39. The van der Waals surface area contributed by atoms with Crippen LogP contribution in [0.5, 0.6) is 0 Å². The molecule has 2 rings (SSSR count). The van der Waals surface area contributed by atoms with Gasteiger partial charge in [-0.25, -0.2) is 9.59 Å². The first kappa shape index (κ1) is 15.0. The van der Waals surface area contributed by atoms with Crippen molar-refractivity contribution in [2.45, 2.75) is 19.3 Å². The van der Waals surface area contributed by atoms with Gasteiger partial charge in [0, 0.05) is 18.7 Å². The minimum absolute atomic E-state index is 0.0147. The number of esters is 2.